The third-order valence-electron chi connectivity index (χ3n) is 7.44. The van der Waals surface area contributed by atoms with Crippen molar-refractivity contribution in [1.29, 1.82) is 0 Å². The fraction of sp³-hybridized carbons (Fsp3) is 0.700. The smallest absolute Gasteiger partial charge is 0.153 e. The van der Waals surface area contributed by atoms with Gasteiger partial charge in [0, 0.05) is 29.8 Å². The van der Waals surface area contributed by atoms with E-state index < -0.39 is 6.10 Å². The fourth-order valence-electron chi connectivity index (χ4n) is 6.34. The van der Waals surface area contributed by atoms with Crippen LogP contribution in [0.1, 0.15) is 26.2 Å². The monoisotopic (exact) mass is 329 g/mol. The highest BCUT2D eigenvalue weighted by molar-refractivity contribution is 5.28. The molecule has 0 aromatic heterocycles. The van der Waals surface area contributed by atoms with Crippen LogP contribution in [0.15, 0.2) is 35.8 Å². The van der Waals surface area contributed by atoms with Crippen LogP contribution in [-0.4, -0.2) is 47.0 Å². The normalized spacial score (nSPS) is 53.9. The Morgan fingerprint density at radius 2 is 2.12 bits per heavy atom. The molecule has 3 unspecified atom stereocenters. The number of rotatable bonds is 0. The van der Waals surface area contributed by atoms with E-state index in [2.05, 4.69) is 31.0 Å². The topological polar surface area (TPSA) is 52.9 Å². The quantitative estimate of drug-likeness (QED) is 0.671. The van der Waals surface area contributed by atoms with Crippen molar-refractivity contribution >= 4 is 0 Å². The maximum atomic E-state index is 10.6. The van der Waals surface area contributed by atoms with Gasteiger partial charge in [-0.3, -0.25) is 0 Å². The summed E-state index contributed by atoms with van der Waals surface area (Å²) in [6.45, 7) is 3.26. The second kappa shape index (κ2) is 4.89. The zero-order valence-corrected chi connectivity index (χ0v) is 14.4. The van der Waals surface area contributed by atoms with Gasteiger partial charge in [0.15, 0.2) is 5.76 Å². The zero-order valence-electron chi connectivity index (χ0n) is 14.4. The molecule has 2 heterocycles. The van der Waals surface area contributed by atoms with Crippen LogP contribution >= 0.6 is 0 Å². The predicted molar refractivity (Wildman–Crippen MR) is 91.2 cm³/mol. The number of hydrogen-bond acceptors (Lipinski definition) is 4. The second-order valence-corrected chi connectivity index (χ2v) is 8.81. The summed E-state index contributed by atoms with van der Waals surface area (Å²) in [4.78, 5) is 2.50. The summed E-state index contributed by atoms with van der Waals surface area (Å²) in [5, 5.41) is 21.2. The molecule has 2 N–H and O–H groups in total. The molecule has 2 saturated heterocycles. The molecule has 8 atom stereocenters. The number of likely N-dealkylation sites (tertiary alicyclic amines) is 1. The van der Waals surface area contributed by atoms with Crippen molar-refractivity contribution in [3.63, 3.8) is 0 Å². The molecule has 3 aliphatic carbocycles. The van der Waals surface area contributed by atoms with Crippen LogP contribution in [0.25, 0.3) is 0 Å². The van der Waals surface area contributed by atoms with Gasteiger partial charge in [-0.2, -0.15) is 0 Å². The molecular weight excluding hydrogens is 302 g/mol. The van der Waals surface area contributed by atoms with Gasteiger partial charge in [-0.05, 0) is 44.2 Å². The lowest BCUT2D eigenvalue weighted by atomic mass is 9.58. The van der Waals surface area contributed by atoms with E-state index in [-0.39, 0.29) is 23.2 Å². The molecule has 0 amide bonds. The second-order valence-electron chi connectivity index (χ2n) is 8.81. The maximum absolute atomic E-state index is 10.6. The fourth-order valence-corrected chi connectivity index (χ4v) is 6.34. The number of aliphatic hydroxyl groups excluding tert-OH is 2. The Kier molecular flexibility index (Phi) is 3.06. The van der Waals surface area contributed by atoms with E-state index in [1.54, 1.807) is 0 Å². The Bertz CT molecular complexity index is 653. The summed E-state index contributed by atoms with van der Waals surface area (Å²) in [7, 11) is 2.24. The molecule has 4 bridgehead atoms. The average Bonchev–Trinajstić information content (AvgIpc) is 2.86. The minimum absolute atomic E-state index is 0.150. The highest BCUT2D eigenvalue weighted by Crippen LogP contribution is 2.56. The van der Waals surface area contributed by atoms with Gasteiger partial charge in [-0.15, -0.1) is 0 Å². The number of ether oxygens (including phenoxy) is 1. The first-order chi connectivity index (χ1) is 11.5. The third-order valence-corrected chi connectivity index (χ3v) is 7.44. The highest BCUT2D eigenvalue weighted by Gasteiger charge is 2.56. The number of aliphatic hydroxyl groups is 2. The highest BCUT2D eigenvalue weighted by atomic mass is 16.5. The molecular formula is C20H27NO3. The van der Waals surface area contributed by atoms with Crippen molar-refractivity contribution in [3.8, 4) is 0 Å². The summed E-state index contributed by atoms with van der Waals surface area (Å²) >= 11 is 0. The Morgan fingerprint density at radius 3 is 2.96 bits per heavy atom. The first-order valence-corrected chi connectivity index (χ1v) is 9.33. The van der Waals surface area contributed by atoms with Crippen LogP contribution in [0.2, 0.25) is 0 Å². The van der Waals surface area contributed by atoms with Gasteiger partial charge in [0.05, 0.1) is 0 Å². The van der Waals surface area contributed by atoms with Crippen LogP contribution < -0.4 is 0 Å². The molecule has 0 aromatic rings. The standard InChI is InChI=1S/C20H27NO3/c1-11-14-9-20-6-5-16(23)18(11)24-19-15(22)4-3-12(17(14)19)7-13(8-20)21(2)10-20/h3-6,11-15,17,19,22-23H,7-10H2,1-2H3/b6-5-,18-16?/t11?,12-,13-,14+,15-,17?,19-,20?/m0/s1. The van der Waals surface area contributed by atoms with E-state index in [0.717, 1.165) is 19.4 Å². The summed E-state index contributed by atoms with van der Waals surface area (Å²) in [5.74, 6) is 2.40. The van der Waals surface area contributed by atoms with Gasteiger partial charge in [0.2, 0.25) is 0 Å². The molecule has 5 aliphatic rings. The van der Waals surface area contributed by atoms with Crippen molar-refractivity contribution in [2.24, 2.45) is 29.1 Å². The molecule has 1 saturated carbocycles. The van der Waals surface area contributed by atoms with Crippen LogP contribution in [0.3, 0.4) is 0 Å². The summed E-state index contributed by atoms with van der Waals surface area (Å²) in [6.07, 6.45) is 10.9. The van der Waals surface area contributed by atoms with Crippen LogP contribution in [0.5, 0.6) is 0 Å². The predicted octanol–water partition coefficient (Wildman–Crippen LogP) is 2.62. The van der Waals surface area contributed by atoms with Crippen LogP contribution in [0, 0.1) is 29.1 Å². The lowest BCUT2D eigenvalue weighted by Gasteiger charge is -2.52. The van der Waals surface area contributed by atoms with Gasteiger partial charge in [-0.25, -0.2) is 0 Å². The molecule has 4 heteroatoms. The zero-order chi connectivity index (χ0) is 16.6. The van der Waals surface area contributed by atoms with Crippen molar-refractivity contribution in [2.45, 2.75) is 44.4 Å². The Labute approximate surface area is 143 Å². The number of nitrogens with zero attached hydrogens (tertiary/aromatic N) is 1. The van der Waals surface area contributed by atoms with E-state index in [4.69, 9.17) is 4.74 Å². The minimum Gasteiger partial charge on any atom is -0.504 e. The molecule has 1 spiro atoms. The van der Waals surface area contributed by atoms with E-state index in [0.29, 0.717) is 29.6 Å². The van der Waals surface area contributed by atoms with Gasteiger partial charge >= 0.3 is 0 Å². The molecule has 2 aliphatic heterocycles. The first-order valence-electron chi connectivity index (χ1n) is 9.33. The lowest BCUT2D eigenvalue weighted by molar-refractivity contribution is -0.119. The Morgan fingerprint density at radius 1 is 1.29 bits per heavy atom. The van der Waals surface area contributed by atoms with Crippen LogP contribution in [0.4, 0.5) is 0 Å². The van der Waals surface area contributed by atoms with E-state index >= 15 is 0 Å². The molecule has 130 valence electrons. The van der Waals surface area contributed by atoms with E-state index in [9.17, 15) is 10.2 Å². The number of hydrogen-bond donors (Lipinski definition) is 2. The van der Waals surface area contributed by atoms with E-state index in [1.807, 2.05) is 12.2 Å². The molecule has 4 nitrogen and oxygen atoms in total. The lowest BCUT2D eigenvalue weighted by Crippen LogP contribution is -2.53. The first kappa shape index (κ1) is 15.0. The molecule has 5 rings (SSSR count). The largest absolute Gasteiger partial charge is 0.504 e. The summed E-state index contributed by atoms with van der Waals surface area (Å²) < 4.78 is 6.20. The molecule has 0 radical (unpaired) electrons. The summed E-state index contributed by atoms with van der Waals surface area (Å²) in [6, 6.07) is 0.573. The maximum Gasteiger partial charge on any atom is 0.153 e. The van der Waals surface area contributed by atoms with Crippen molar-refractivity contribution in [2.75, 3.05) is 13.6 Å². The SMILES string of the molecule is CC1C2=C(O)/C=C\C34C[C@H]1C1[C@@H](O2)[C@@H](O)C=C[C@H]1C[C@@H](C3)N(C)C4. The van der Waals surface area contributed by atoms with Gasteiger partial charge in [0.1, 0.15) is 18.0 Å². The van der Waals surface area contributed by atoms with Crippen molar-refractivity contribution in [3.05, 3.63) is 35.8 Å². The van der Waals surface area contributed by atoms with E-state index in [1.165, 1.54) is 6.42 Å². The number of allylic oxidation sites excluding steroid dienone is 3. The number of fused-ring (bicyclic) bond motifs is 2. The van der Waals surface area contributed by atoms with Crippen molar-refractivity contribution in [1.82, 2.24) is 4.90 Å². The summed E-state index contributed by atoms with van der Waals surface area (Å²) in [5.41, 5.74) is 0.150. The average molecular weight is 329 g/mol. The molecule has 0 aromatic carbocycles. The van der Waals surface area contributed by atoms with Gasteiger partial charge in [-0.1, -0.05) is 25.2 Å². The van der Waals surface area contributed by atoms with Gasteiger partial charge in [0.25, 0.3) is 0 Å². The molecule has 24 heavy (non-hydrogen) atoms. The van der Waals surface area contributed by atoms with Crippen LogP contribution in [-0.2, 0) is 4.74 Å². The minimum atomic E-state index is -0.571. The Hall–Kier alpha value is -1.26. The van der Waals surface area contributed by atoms with Gasteiger partial charge < -0.3 is 19.8 Å². The Balaban J connectivity index is 1.71. The molecule has 3 fully saturated rings. The third kappa shape index (κ3) is 1.93. The van der Waals surface area contributed by atoms with Crippen molar-refractivity contribution < 1.29 is 14.9 Å².